The van der Waals surface area contributed by atoms with Crippen molar-refractivity contribution in [3.05, 3.63) is 29.3 Å². The van der Waals surface area contributed by atoms with Crippen LogP contribution in [-0.2, 0) is 9.47 Å². The van der Waals surface area contributed by atoms with E-state index in [1.54, 1.807) is 19.2 Å². The van der Waals surface area contributed by atoms with Gasteiger partial charge in [-0.3, -0.25) is 0 Å². The molecule has 3 atom stereocenters. The molecule has 1 fully saturated rings. The van der Waals surface area contributed by atoms with Gasteiger partial charge in [-0.1, -0.05) is 23.7 Å². The molecule has 1 aromatic rings. The summed E-state index contributed by atoms with van der Waals surface area (Å²) in [7, 11) is 1.61. The molecular formula is C13H17ClO4. The van der Waals surface area contributed by atoms with E-state index < -0.39 is 6.10 Å². The van der Waals surface area contributed by atoms with E-state index in [4.69, 9.17) is 25.8 Å². The molecule has 0 heterocycles. The van der Waals surface area contributed by atoms with Gasteiger partial charge in [-0.05, 0) is 12.1 Å². The number of para-hydroxylation sites is 1. The summed E-state index contributed by atoms with van der Waals surface area (Å²) in [5.74, 6) is 0.622. The maximum absolute atomic E-state index is 9.65. The Bertz CT molecular complexity index is 385. The fourth-order valence-electron chi connectivity index (χ4n) is 1.86. The van der Waals surface area contributed by atoms with Crippen molar-refractivity contribution in [3.8, 4) is 5.75 Å². The second kappa shape index (κ2) is 6.38. The third-order valence-corrected chi connectivity index (χ3v) is 3.24. The van der Waals surface area contributed by atoms with Crippen LogP contribution in [-0.4, -0.2) is 43.7 Å². The minimum absolute atomic E-state index is 0.156. The number of aliphatic hydroxyl groups is 1. The van der Waals surface area contributed by atoms with Crippen molar-refractivity contribution in [3.63, 3.8) is 0 Å². The lowest BCUT2D eigenvalue weighted by Crippen LogP contribution is -2.55. The Morgan fingerprint density at radius 3 is 2.78 bits per heavy atom. The van der Waals surface area contributed by atoms with Gasteiger partial charge in [0.25, 0.3) is 0 Å². The molecule has 100 valence electrons. The van der Waals surface area contributed by atoms with Crippen LogP contribution in [0.15, 0.2) is 24.3 Å². The molecule has 0 amide bonds. The molecule has 4 nitrogen and oxygen atoms in total. The molecule has 1 aliphatic carbocycles. The number of rotatable bonds is 6. The summed E-state index contributed by atoms with van der Waals surface area (Å²) in [6, 6.07) is 7.28. The van der Waals surface area contributed by atoms with E-state index in [9.17, 15) is 5.11 Å². The summed E-state index contributed by atoms with van der Waals surface area (Å²) in [5.41, 5.74) is 0. The molecule has 0 saturated heterocycles. The predicted molar refractivity (Wildman–Crippen MR) is 68.1 cm³/mol. The van der Waals surface area contributed by atoms with Crippen molar-refractivity contribution in [1.29, 1.82) is 0 Å². The highest BCUT2D eigenvalue weighted by atomic mass is 35.5. The van der Waals surface area contributed by atoms with E-state index in [1.807, 2.05) is 12.1 Å². The molecular weight excluding hydrogens is 256 g/mol. The summed E-state index contributed by atoms with van der Waals surface area (Å²) >= 11 is 6.01. The third-order valence-electron chi connectivity index (χ3n) is 2.93. The Kier molecular flexibility index (Phi) is 4.83. The molecule has 0 radical (unpaired) electrons. The predicted octanol–water partition coefficient (Wildman–Crippen LogP) is 1.88. The van der Waals surface area contributed by atoms with Crippen LogP contribution in [0.3, 0.4) is 0 Å². The summed E-state index contributed by atoms with van der Waals surface area (Å²) in [5, 5.41) is 10.2. The number of halogens is 1. The van der Waals surface area contributed by atoms with E-state index >= 15 is 0 Å². The molecule has 0 spiro atoms. The van der Waals surface area contributed by atoms with Crippen LogP contribution < -0.4 is 4.74 Å². The van der Waals surface area contributed by atoms with Crippen molar-refractivity contribution in [1.82, 2.24) is 0 Å². The number of hydrogen-bond donors (Lipinski definition) is 1. The van der Waals surface area contributed by atoms with Crippen molar-refractivity contribution < 1.29 is 19.3 Å². The van der Waals surface area contributed by atoms with E-state index in [-0.39, 0.29) is 12.2 Å². The highest BCUT2D eigenvalue weighted by Crippen LogP contribution is 2.32. The fraction of sp³-hybridized carbons (Fsp3) is 0.538. The van der Waals surface area contributed by atoms with Crippen LogP contribution in [0.4, 0.5) is 0 Å². The van der Waals surface area contributed by atoms with Gasteiger partial charge < -0.3 is 19.3 Å². The molecule has 1 aliphatic rings. The first-order chi connectivity index (χ1) is 8.72. The Balaban J connectivity index is 1.88. The third kappa shape index (κ3) is 3.14. The molecule has 5 heteroatoms. The number of hydrogen-bond acceptors (Lipinski definition) is 4. The zero-order chi connectivity index (χ0) is 13.0. The fourth-order valence-corrected chi connectivity index (χ4v) is 2.04. The number of aliphatic hydroxyl groups excluding tert-OH is 1. The first-order valence-electron chi connectivity index (χ1n) is 5.92. The quantitative estimate of drug-likeness (QED) is 0.804. The van der Waals surface area contributed by atoms with Crippen molar-refractivity contribution in [2.24, 2.45) is 0 Å². The van der Waals surface area contributed by atoms with Crippen LogP contribution in [0.25, 0.3) is 0 Å². The van der Waals surface area contributed by atoms with Gasteiger partial charge in [0.05, 0.1) is 24.3 Å². The summed E-state index contributed by atoms with van der Waals surface area (Å²) in [6.07, 6.45) is -0.384. The van der Waals surface area contributed by atoms with Gasteiger partial charge in [-0.15, -0.1) is 0 Å². The van der Waals surface area contributed by atoms with Gasteiger partial charge in [0, 0.05) is 13.5 Å². The smallest absolute Gasteiger partial charge is 0.138 e. The van der Waals surface area contributed by atoms with E-state index in [0.717, 1.165) is 0 Å². The maximum atomic E-state index is 9.65. The normalized spacial score (nSPS) is 26.7. The average molecular weight is 273 g/mol. The number of ether oxygens (including phenoxy) is 3. The lowest BCUT2D eigenvalue weighted by molar-refractivity contribution is -0.167. The van der Waals surface area contributed by atoms with E-state index in [2.05, 4.69) is 0 Å². The lowest BCUT2D eigenvalue weighted by Gasteiger charge is -2.40. The van der Waals surface area contributed by atoms with Gasteiger partial charge in [0.1, 0.15) is 18.0 Å². The average Bonchev–Trinajstić information content (AvgIpc) is 2.36. The Hall–Kier alpha value is -0.810. The van der Waals surface area contributed by atoms with Gasteiger partial charge in [-0.2, -0.15) is 0 Å². The largest absolute Gasteiger partial charge is 0.486 e. The van der Waals surface area contributed by atoms with Gasteiger partial charge in [-0.25, -0.2) is 0 Å². The zero-order valence-corrected chi connectivity index (χ0v) is 11.0. The Morgan fingerprint density at radius 1 is 1.33 bits per heavy atom. The van der Waals surface area contributed by atoms with Gasteiger partial charge >= 0.3 is 0 Å². The second-order valence-corrected chi connectivity index (χ2v) is 4.63. The SMILES string of the molecule is COCCOC1C(O)CC1Oc1ccccc1Cl. The van der Waals surface area contributed by atoms with Gasteiger partial charge in [0.15, 0.2) is 0 Å². The van der Waals surface area contributed by atoms with Crippen LogP contribution >= 0.6 is 11.6 Å². The standard InChI is InChI=1S/C13H17ClO4/c1-16-6-7-17-13-10(15)8-12(13)18-11-5-3-2-4-9(11)14/h2-5,10,12-13,15H,6-8H2,1H3. The molecule has 2 rings (SSSR count). The summed E-state index contributed by atoms with van der Waals surface area (Å²) in [6.45, 7) is 0.947. The van der Waals surface area contributed by atoms with Crippen LogP contribution in [0.1, 0.15) is 6.42 Å². The molecule has 0 aliphatic heterocycles. The molecule has 0 bridgehead atoms. The van der Waals surface area contributed by atoms with Crippen molar-refractivity contribution in [2.45, 2.75) is 24.7 Å². The van der Waals surface area contributed by atoms with Crippen LogP contribution in [0, 0.1) is 0 Å². The van der Waals surface area contributed by atoms with Crippen LogP contribution in [0.5, 0.6) is 5.75 Å². The minimum atomic E-state index is -0.477. The number of benzene rings is 1. The topological polar surface area (TPSA) is 47.9 Å². The minimum Gasteiger partial charge on any atom is -0.486 e. The molecule has 3 unspecified atom stereocenters. The monoisotopic (exact) mass is 272 g/mol. The van der Waals surface area contributed by atoms with Gasteiger partial charge in [0.2, 0.25) is 0 Å². The molecule has 1 aromatic carbocycles. The van der Waals surface area contributed by atoms with Crippen molar-refractivity contribution in [2.75, 3.05) is 20.3 Å². The highest BCUT2D eigenvalue weighted by Gasteiger charge is 2.43. The first-order valence-corrected chi connectivity index (χ1v) is 6.30. The summed E-state index contributed by atoms with van der Waals surface area (Å²) < 4.78 is 16.1. The summed E-state index contributed by atoms with van der Waals surface area (Å²) in [4.78, 5) is 0. The lowest BCUT2D eigenvalue weighted by atomic mass is 9.88. The zero-order valence-electron chi connectivity index (χ0n) is 10.2. The van der Waals surface area contributed by atoms with E-state index in [0.29, 0.717) is 30.4 Å². The molecule has 1 N–H and O–H groups in total. The maximum Gasteiger partial charge on any atom is 0.138 e. The second-order valence-electron chi connectivity index (χ2n) is 4.22. The molecule has 0 aromatic heterocycles. The van der Waals surface area contributed by atoms with Crippen molar-refractivity contribution >= 4 is 11.6 Å². The molecule has 18 heavy (non-hydrogen) atoms. The van der Waals surface area contributed by atoms with Crippen LogP contribution in [0.2, 0.25) is 5.02 Å². The number of methoxy groups -OCH3 is 1. The first kappa shape index (κ1) is 13.6. The highest BCUT2D eigenvalue weighted by molar-refractivity contribution is 6.32. The van der Waals surface area contributed by atoms with E-state index in [1.165, 1.54) is 0 Å². The Labute approximate surface area is 111 Å². The molecule has 1 saturated carbocycles. The Morgan fingerprint density at radius 2 is 2.11 bits per heavy atom.